The third kappa shape index (κ3) is 4.37. The number of nitrogens with two attached hydrogens (primary N) is 1. The number of amides is 1. The van der Waals surface area contributed by atoms with Gasteiger partial charge in [-0.25, -0.2) is 0 Å². The molecular formula is C14H22N2O2. The molecule has 18 heavy (non-hydrogen) atoms. The minimum absolute atomic E-state index is 0.00737. The summed E-state index contributed by atoms with van der Waals surface area (Å²) in [5, 5.41) is 2.62. The zero-order valence-corrected chi connectivity index (χ0v) is 11.3. The molecule has 100 valence electrons. The van der Waals surface area contributed by atoms with Crippen LogP contribution in [-0.2, 0) is 4.79 Å². The molecule has 0 saturated heterocycles. The number of hydrogen-bond donors (Lipinski definition) is 2. The number of carbonyl (C=O) groups is 1. The van der Waals surface area contributed by atoms with Gasteiger partial charge in [0.25, 0.3) is 0 Å². The Bertz CT molecular complexity index is 374. The van der Waals surface area contributed by atoms with Crippen molar-refractivity contribution in [1.29, 1.82) is 0 Å². The van der Waals surface area contributed by atoms with Gasteiger partial charge >= 0.3 is 0 Å². The van der Waals surface area contributed by atoms with Gasteiger partial charge in [-0.05, 0) is 38.1 Å². The van der Waals surface area contributed by atoms with Crippen LogP contribution in [0.2, 0.25) is 0 Å². The van der Waals surface area contributed by atoms with Gasteiger partial charge in [0, 0.05) is 19.4 Å². The maximum absolute atomic E-state index is 11.4. The van der Waals surface area contributed by atoms with Crippen molar-refractivity contribution in [2.24, 2.45) is 5.73 Å². The molecule has 1 aromatic rings. The third-order valence-electron chi connectivity index (χ3n) is 2.72. The van der Waals surface area contributed by atoms with E-state index in [2.05, 4.69) is 5.32 Å². The van der Waals surface area contributed by atoms with Crippen LogP contribution in [0.1, 0.15) is 31.7 Å². The molecule has 0 fully saturated rings. The summed E-state index contributed by atoms with van der Waals surface area (Å²) in [6.45, 7) is 4.43. The highest BCUT2D eigenvalue weighted by Crippen LogP contribution is 2.22. The van der Waals surface area contributed by atoms with Crippen LogP contribution in [0.15, 0.2) is 24.3 Å². The van der Waals surface area contributed by atoms with E-state index in [4.69, 9.17) is 10.5 Å². The fourth-order valence-corrected chi connectivity index (χ4v) is 1.75. The van der Waals surface area contributed by atoms with Crippen molar-refractivity contribution in [3.8, 4) is 5.75 Å². The molecule has 0 saturated carbocycles. The summed E-state index contributed by atoms with van der Waals surface area (Å²) in [5.74, 6) is 0.899. The van der Waals surface area contributed by atoms with Crippen LogP contribution in [0.5, 0.6) is 5.75 Å². The van der Waals surface area contributed by atoms with Gasteiger partial charge in [-0.1, -0.05) is 12.1 Å². The second kappa shape index (κ2) is 7.01. The van der Waals surface area contributed by atoms with Crippen LogP contribution in [-0.4, -0.2) is 25.6 Å². The van der Waals surface area contributed by atoms with Crippen molar-refractivity contribution >= 4 is 5.91 Å². The summed E-state index contributed by atoms with van der Waals surface area (Å²) < 4.78 is 5.57. The number of ether oxygens (including phenoxy) is 1. The minimum Gasteiger partial charge on any atom is -0.491 e. The van der Waals surface area contributed by atoms with E-state index in [-0.39, 0.29) is 17.9 Å². The van der Waals surface area contributed by atoms with Crippen molar-refractivity contribution in [3.63, 3.8) is 0 Å². The molecule has 4 nitrogen and oxygen atoms in total. The first-order valence-electron chi connectivity index (χ1n) is 6.24. The largest absolute Gasteiger partial charge is 0.491 e. The van der Waals surface area contributed by atoms with Gasteiger partial charge in [-0.2, -0.15) is 0 Å². The zero-order valence-electron chi connectivity index (χ0n) is 11.3. The van der Waals surface area contributed by atoms with Crippen LogP contribution in [0.3, 0.4) is 0 Å². The molecule has 0 bridgehead atoms. The van der Waals surface area contributed by atoms with Crippen molar-refractivity contribution in [2.75, 3.05) is 13.6 Å². The minimum atomic E-state index is 0.00737. The van der Waals surface area contributed by atoms with Gasteiger partial charge in [0.1, 0.15) is 5.75 Å². The van der Waals surface area contributed by atoms with E-state index in [0.29, 0.717) is 13.0 Å². The maximum atomic E-state index is 11.4. The van der Waals surface area contributed by atoms with Gasteiger partial charge in [0.15, 0.2) is 0 Å². The standard InChI is InChI=1S/C14H22N2O2/c1-10(2)18-13-6-4-11(5-7-13)12(9-15)8-14(17)16-3/h4-7,10,12H,8-9,15H2,1-3H3,(H,16,17). The lowest BCUT2D eigenvalue weighted by Gasteiger charge is -2.15. The first-order valence-corrected chi connectivity index (χ1v) is 6.24. The fourth-order valence-electron chi connectivity index (χ4n) is 1.75. The molecule has 4 heteroatoms. The Kier molecular flexibility index (Phi) is 5.65. The van der Waals surface area contributed by atoms with Crippen LogP contribution < -0.4 is 15.8 Å². The Labute approximate surface area is 109 Å². The molecule has 1 aromatic carbocycles. The van der Waals surface area contributed by atoms with Gasteiger partial charge in [-0.15, -0.1) is 0 Å². The van der Waals surface area contributed by atoms with Crippen molar-refractivity contribution in [3.05, 3.63) is 29.8 Å². The molecule has 1 atom stereocenters. The molecule has 0 aliphatic heterocycles. The fraction of sp³-hybridized carbons (Fsp3) is 0.500. The maximum Gasteiger partial charge on any atom is 0.220 e. The van der Waals surface area contributed by atoms with E-state index in [1.807, 2.05) is 38.1 Å². The predicted octanol–water partition coefficient (Wildman–Crippen LogP) is 1.65. The SMILES string of the molecule is CNC(=O)CC(CN)c1ccc(OC(C)C)cc1. The normalized spacial score (nSPS) is 12.3. The van der Waals surface area contributed by atoms with Gasteiger partial charge in [0.05, 0.1) is 6.10 Å². The summed E-state index contributed by atoms with van der Waals surface area (Å²) in [5.41, 5.74) is 6.78. The summed E-state index contributed by atoms with van der Waals surface area (Å²) >= 11 is 0. The van der Waals surface area contributed by atoms with Gasteiger partial charge in [-0.3, -0.25) is 4.79 Å². The molecule has 0 aliphatic carbocycles. The first kappa shape index (κ1) is 14.5. The quantitative estimate of drug-likeness (QED) is 0.807. The van der Waals surface area contributed by atoms with E-state index >= 15 is 0 Å². The summed E-state index contributed by atoms with van der Waals surface area (Å²) in [7, 11) is 1.63. The number of carbonyl (C=O) groups excluding carboxylic acids is 1. The van der Waals surface area contributed by atoms with Crippen LogP contribution in [0, 0.1) is 0 Å². The molecule has 1 rings (SSSR count). The average Bonchev–Trinajstić information content (AvgIpc) is 2.36. The lowest BCUT2D eigenvalue weighted by molar-refractivity contribution is -0.120. The first-order chi connectivity index (χ1) is 8.56. The number of nitrogens with one attached hydrogen (secondary N) is 1. The lowest BCUT2D eigenvalue weighted by Crippen LogP contribution is -2.24. The van der Waals surface area contributed by atoms with Crippen LogP contribution >= 0.6 is 0 Å². The van der Waals surface area contributed by atoms with Crippen molar-refractivity contribution in [2.45, 2.75) is 32.3 Å². The third-order valence-corrected chi connectivity index (χ3v) is 2.72. The zero-order chi connectivity index (χ0) is 13.5. The number of rotatable bonds is 6. The monoisotopic (exact) mass is 250 g/mol. The molecular weight excluding hydrogens is 228 g/mol. The molecule has 0 radical (unpaired) electrons. The Hall–Kier alpha value is -1.55. The van der Waals surface area contributed by atoms with Gasteiger partial charge < -0.3 is 15.8 Å². The highest BCUT2D eigenvalue weighted by Gasteiger charge is 2.13. The van der Waals surface area contributed by atoms with E-state index in [0.717, 1.165) is 11.3 Å². The second-order valence-electron chi connectivity index (χ2n) is 4.55. The smallest absolute Gasteiger partial charge is 0.220 e. The average molecular weight is 250 g/mol. The van der Waals surface area contributed by atoms with Crippen LogP contribution in [0.25, 0.3) is 0 Å². The Balaban J connectivity index is 2.72. The van der Waals surface area contributed by atoms with E-state index < -0.39 is 0 Å². The van der Waals surface area contributed by atoms with Crippen molar-refractivity contribution in [1.82, 2.24) is 5.32 Å². The van der Waals surface area contributed by atoms with E-state index in [9.17, 15) is 4.79 Å². The van der Waals surface area contributed by atoms with Crippen molar-refractivity contribution < 1.29 is 9.53 Å². The molecule has 1 amide bonds. The van der Waals surface area contributed by atoms with Gasteiger partial charge in [0.2, 0.25) is 5.91 Å². The number of benzene rings is 1. The topological polar surface area (TPSA) is 64.4 Å². The lowest BCUT2D eigenvalue weighted by atomic mass is 9.95. The molecule has 1 unspecified atom stereocenters. The Morgan fingerprint density at radius 3 is 2.39 bits per heavy atom. The van der Waals surface area contributed by atoms with E-state index in [1.165, 1.54) is 0 Å². The molecule has 0 aromatic heterocycles. The Morgan fingerprint density at radius 2 is 1.94 bits per heavy atom. The van der Waals surface area contributed by atoms with E-state index in [1.54, 1.807) is 7.05 Å². The molecule has 0 aliphatic rings. The molecule has 3 N–H and O–H groups in total. The summed E-state index contributed by atoms with van der Waals surface area (Å²) in [6, 6.07) is 7.78. The predicted molar refractivity (Wildman–Crippen MR) is 72.7 cm³/mol. The van der Waals surface area contributed by atoms with Crippen LogP contribution in [0.4, 0.5) is 0 Å². The number of hydrogen-bond acceptors (Lipinski definition) is 3. The summed E-state index contributed by atoms with van der Waals surface area (Å²) in [4.78, 5) is 11.4. The second-order valence-corrected chi connectivity index (χ2v) is 4.55. The Morgan fingerprint density at radius 1 is 1.33 bits per heavy atom. The highest BCUT2D eigenvalue weighted by molar-refractivity contribution is 5.76. The molecule has 0 heterocycles. The highest BCUT2D eigenvalue weighted by atomic mass is 16.5. The molecule has 0 spiro atoms. The summed E-state index contributed by atoms with van der Waals surface area (Å²) in [6.07, 6.45) is 0.573.